The third-order valence-corrected chi connectivity index (χ3v) is 6.64. The van der Waals surface area contributed by atoms with Gasteiger partial charge in [0.15, 0.2) is 5.82 Å². The van der Waals surface area contributed by atoms with Crippen LogP contribution in [-0.2, 0) is 9.53 Å². The van der Waals surface area contributed by atoms with Gasteiger partial charge in [-0.25, -0.2) is 13.8 Å². The summed E-state index contributed by atoms with van der Waals surface area (Å²) < 4.78 is 34.7. The lowest BCUT2D eigenvalue weighted by atomic mass is 9.83. The van der Waals surface area contributed by atoms with Gasteiger partial charge in [0.25, 0.3) is 6.43 Å². The van der Waals surface area contributed by atoms with Crippen LogP contribution >= 0.6 is 0 Å². The number of hydrogen-bond donors (Lipinski definition) is 1. The monoisotopic (exact) mass is 485 g/mol. The van der Waals surface area contributed by atoms with Crippen LogP contribution in [0.4, 0.5) is 20.7 Å². The Bertz CT molecular complexity index is 1190. The van der Waals surface area contributed by atoms with Gasteiger partial charge < -0.3 is 19.7 Å². The number of nitrogens with one attached hydrogen (secondary N) is 1. The highest BCUT2D eigenvalue weighted by Crippen LogP contribution is 2.30. The molecule has 1 saturated heterocycles. The average Bonchev–Trinajstić information content (AvgIpc) is 3.25. The molecule has 5 rings (SSSR count). The summed E-state index contributed by atoms with van der Waals surface area (Å²) in [6.45, 7) is 3.93. The zero-order valence-electron chi connectivity index (χ0n) is 19.7. The molecule has 2 fully saturated rings. The maximum Gasteiger partial charge on any atom is 0.296 e. The van der Waals surface area contributed by atoms with Crippen LogP contribution in [0.2, 0.25) is 0 Å². The first-order chi connectivity index (χ1) is 17.0. The smallest absolute Gasteiger partial charge is 0.296 e. The summed E-state index contributed by atoms with van der Waals surface area (Å²) in [5, 5.41) is 3.41. The van der Waals surface area contributed by atoms with Crippen molar-refractivity contribution in [3.05, 3.63) is 30.1 Å². The van der Waals surface area contributed by atoms with Gasteiger partial charge in [-0.15, -0.1) is 0 Å². The maximum atomic E-state index is 14.0. The third kappa shape index (κ3) is 5.24. The molecule has 1 saturated carbocycles. The van der Waals surface area contributed by atoms with E-state index in [0.29, 0.717) is 61.6 Å². The number of morpholine rings is 1. The van der Waals surface area contributed by atoms with E-state index < -0.39 is 12.2 Å². The number of carbonyl (C=O) groups is 1. The van der Waals surface area contributed by atoms with Crippen LogP contribution in [0, 0.1) is 5.92 Å². The van der Waals surface area contributed by atoms with Gasteiger partial charge in [0, 0.05) is 25.6 Å². The number of imidazole rings is 1. The first-order valence-electron chi connectivity index (χ1n) is 12.1. The van der Waals surface area contributed by atoms with E-state index in [1.165, 1.54) is 4.57 Å². The fourth-order valence-electron chi connectivity index (χ4n) is 4.92. The predicted molar refractivity (Wildman–Crippen MR) is 127 cm³/mol. The normalized spacial score (nSPS) is 21.0. The van der Waals surface area contributed by atoms with Crippen molar-refractivity contribution in [2.75, 3.05) is 36.5 Å². The van der Waals surface area contributed by atoms with E-state index in [-0.39, 0.29) is 17.8 Å². The van der Waals surface area contributed by atoms with Crippen molar-refractivity contribution in [1.82, 2.24) is 24.5 Å². The Morgan fingerprint density at radius 2 is 1.77 bits per heavy atom. The molecule has 0 unspecified atom stereocenters. The van der Waals surface area contributed by atoms with Crippen molar-refractivity contribution in [3.8, 4) is 5.95 Å². The van der Waals surface area contributed by atoms with E-state index in [4.69, 9.17) is 4.74 Å². The summed E-state index contributed by atoms with van der Waals surface area (Å²) in [4.78, 5) is 31.4. The van der Waals surface area contributed by atoms with E-state index in [2.05, 4.69) is 25.3 Å². The molecule has 0 atom stereocenters. The summed E-state index contributed by atoms with van der Waals surface area (Å²) in [5.74, 6) is 1.11. The lowest BCUT2D eigenvalue weighted by Gasteiger charge is -2.30. The SMILES string of the molecule is CC(=O)CC1CCC(Nc2nc(N3CCOCC3)nc(-n3c(C(F)F)nc4ccccc43)n2)CC1. The van der Waals surface area contributed by atoms with Gasteiger partial charge in [0.1, 0.15) is 5.78 Å². The van der Waals surface area contributed by atoms with Crippen LogP contribution in [0.3, 0.4) is 0 Å². The molecule has 9 nitrogen and oxygen atoms in total. The second-order valence-corrected chi connectivity index (χ2v) is 9.22. The molecule has 1 N–H and O–H groups in total. The lowest BCUT2D eigenvalue weighted by Crippen LogP contribution is -2.38. The Balaban J connectivity index is 1.49. The highest BCUT2D eigenvalue weighted by molar-refractivity contribution is 5.77. The molecule has 1 aliphatic heterocycles. The molecule has 2 aromatic heterocycles. The van der Waals surface area contributed by atoms with Crippen LogP contribution in [0.1, 0.15) is 51.3 Å². The molecule has 0 spiro atoms. The number of para-hydroxylation sites is 2. The number of anilines is 2. The molecule has 3 aromatic rings. The van der Waals surface area contributed by atoms with E-state index in [9.17, 15) is 13.6 Å². The number of nitrogens with zero attached hydrogens (tertiary/aromatic N) is 6. The van der Waals surface area contributed by atoms with Gasteiger partial charge >= 0.3 is 0 Å². The molecule has 0 radical (unpaired) electrons. The molecular weight excluding hydrogens is 456 g/mol. The largest absolute Gasteiger partial charge is 0.378 e. The fraction of sp³-hybridized carbons (Fsp3) is 0.542. The van der Waals surface area contributed by atoms with Gasteiger partial charge in [-0.3, -0.25) is 4.57 Å². The van der Waals surface area contributed by atoms with Crippen molar-refractivity contribution < 1.29 is 18.3 Å². The van der Waals surface area contributed by atoms with Crippen molar-refractivity contribution in [2.24, 2.45) is 5.92 Å². The van der Waals surface area contributed by atoms with Crippen molar-refractivity contribution >= 4 is 28.7 Å². The van der Waals surface area contributed by atoms with E-state index in [0.717, 1.165) is 25.7 Å². The summed E-state index contributed by atoms with van der Waals surface area (Å²) in [6.07, 6.45) is 1.51. The maximum absolute atomic E-state index is 14.0. The number of fused-ring (bicyclic) bond motifs is 1. The van der Waals surface area contributed by atoms with Crippen LogP contribution in [0.15, 0.2) is 24.3 Å². The van der Waals surface area contributed by atoms with Crippen molar-refractivity contribution in [3.63, 3.8) is 0 Å². The van der Waals surface area contributed by atoms with Gasteiger partial charge in [-0.05, 0) is 50.7 Å². The van der Waals surface area contributed by atoms with Gasteiger partial charge in [-0.1, -0.05) is 12.1 Å². The highest BCUT2D eigenvalue weighted by Gasteiger charge is 2.26. The molecule has 0 bridgehead atoms. The number of halogens is 2. The molecule has 3 heterocycles. The summed E-state index contributed by atoms with van der Waals surface area (Å²) in [5.41, 5.74) is 0.965. The minimum atomic E-state index is -2.79. The van der Waals surface area contributed by atoms with Gasteiger partial charge in [0.2, 0.25) is 17.8 Å². The van der Waals surface area contributed by atoms with Gasteiger partial charge in [-0.2, -0.15) is 15.0 Å². The quantitative estimate of drug-likeness (QED) is 0.538. The minimum Gasteiger partial charge on any atom is -0.378 e. The first-order valence-corrected chi connectivity index (χ1v) is 12.1. The number of Topliss-reactive ketones (excluding diaryl/α,β-unsaturated/α-hetero) is 1. The Kier molecular flexibility index (Phi) is 6.85. The Morgan fingerprint density at radius 1 is 1.06 bits per heavy atom. The number of aromatic nitrogens is 5. The lowest BCUT2D eigenvalue weighted by molar-refractivity contribution is -0.118. The van der Waals surface area contributed by atoms with Gasteiger partial charge in [0.05, 0.1) is 24.2 Å². The summed E-state index contributed by atoms with van der Waals surface area (Å²) >= 11 is 0. The molecule has 11 heteroatoms. The Labute approximate surface area is 201 Å². The molecule has 0 amide bonds. The average molecular weight is 486 g/mol. The predicted octanol–water partition coefficient (Wildman–Crippen LogP) is 3.93. The summed E-state index contributed by atoms with van der Waals surface area (Å²) in [6, 6.07) is 7.10. The molecule has 186 valence electrons. The number of rotatable bonds is 7. The van der Waals surface area contributed by atoms with Crippen LogP contribution in [0.5, 0.6) is 0 Å². The zero-order chi connectivity index (χ0) is 24.4. The minimum absolute atomic E-state index is 0.109. The van der Waals surface area contributed by atoms with Crippen LogP contribution in [-0.4, -0.2) is 62.6 Å². The molecule has 35 heavy (non-hydrogen) atoms. The van der Waals surface area contributed by atoms with E-state index in [1.807, 2.05) is 4.90 Å². The second kappa shape index (κ2) is 10.2. The fourth-order valence-corrected chi connectivity index (χ4v) is 4.92. The van der Waals surface area contributed by atoms with E-state index in [1.54, 1.807) is 31.2 Å². The molecule has 1 aromatic carbocycles. The molecular formula is C24H29F2N7O2. The zero-order valence-corrected chi connectivity index (χ0v) is 19.7. The van der Waals surface area contributed by atoms with Crippen LogP contribution in [0.25, 0.3) is 17.0 Å². The number of benzene rings is 1. The number of hydrogen-bond acceptors (Lipinski definition) is 8. The third-order valence-electron chi connectivity index (χ3n) is 6.64. The second-order valence-electron chi connectivity index (χ2n) is 9.22. The molecule has 1 aliphatic carbocycles. The number of alkyl halides is 2. The van der Waals surface area contributed by atoms with Crippen LogP contribution < -0.4 is 10.2 Å². The Hall–Kier alpha value is -3.21. The van der Waals surface area contributed by atoms with E-state index >= 15 is 0 Å². The standard InChI is InChI=1S/C24H29F2N7O2/c1-15(34)14-16-6-8-17(9-7-16)27-22-29-23(32-10-12-35-13-11-32)31-24(30-22)33-19-5-3-2-4-18(19)28-21(33)20(25)26/h2-5,16-17,20H,6-14H2,1H3,(H,27,29,30,31). The topological polar surface area (TPSA) is 98.1 Å². The number of ketones is 1. The number of ether oxygens (including phenoxy) is 1. The first kappa shape index (κ1) is 23.5. The molecule has 2 aliphatic rings. The Morgan fingerprint density at radius 3 is 2.49 bits per heavy atom. The summed E-state index contributed by atoms with van der Waals surface area (Å²) in [7, 11) is 0. The number of carbonyl (C=O) groups excluding carboxylic acids is 1. The van der Waals surface area contributed by atoms with Crippen molar-refractivity contribution in [1.29, 1.82) is 0 Å². The highest BCUT2D eigenvalue weighted by atomic mass is 19.3. The van der Waals surface area contributed by atoms with Crippen molar-refractivity contribution in [2.45, 2.75) is 51.5 Å².